The summed E-state index contributed by atoms with van der Waals surface area (Å²) < 4.78 is 18.5. The molecule has 0 aliphatic heterocycles. The van der Waals surface area contributed by atoms with Crippen molar-refractivity contribution in [3.05, 3.63) is 60.2 Å². The molecule has 0 amide bonds. The molecule has 0 radical (unpaired) electrons. The van der Waals surface area contributed by atoms with Crippen LogP contribution >= 0.6 is 0 Å². The maximum absolute atomic E-state index is 13.3. The zero-order valence-corrected chi connectivity index (χ0v) is 12.7. The van der Waals surface area contributed by atoms with Gasteiger partial charge < -0.3 is 10.1 Å². The van der Waals surface area contributed by atoms with E-state index in [2.05, 4.69) is 20.3 Å². The minimum absolute atomic E-state index is 0.324. The highest BCUT2D eigenvalue weighted by atomic mass is 19.1. The third-order valence-corrected chi connectivity index (χ3v) is 3.28. The van der Waals surface area contributed by atoms with E-state index in [-0.39, 0.29) is 0 Å². The van der Waals surface area contributed by atoms with Crippen molar-refractivity contribution in [1.29, 1.82) is 0 Å². The first-order chi connectivity index (χ1) is 11.7. The number of halogens is 1. The Morgan fingerprint density at radius 2 is 1.92 bits per heavy atom. The summed E-state index contributed by atoms with van der Waals surface area (Å²) in [5, 5.41) is 3.02. The highest BCUT2D eigenvalue weighted by molar-refractivity contribution is 5.76. The molecule has 0 bridgehead atoms. The van der Waals surface area contributed by atoms with Crippen LogP contribution in [0.5, 0.6) is 5.75 Å². The molecule has 1 heterocycles. The minimum Gasteiger partial charge on any atom is -0.496 e. The molecule has 1 aromatic heterocycles. The number of nitrogens with one attached hydrogen (secondary N) is 1. The van der Waals surface area contributed by atoms with Crippen molar-refractivity contribution in [2.45, 2.75) is 0 Å². The summed E-state index contributed by atoms with van der Waals surface area (Å²) in [5.74, 6) is 0.611. The van der Waals surface area contributed by atoms with E-state index in [0.717, 1.165) is 12.0 Å². The van der Waals surface area contributed by atoms with Crippen molar-refractivity contribution in [3.8, 4) is 17.1 Å². The van der Waals surface area contributed by atoms with Crippen LogP contribution in [-0.4, -0.2) is 28.3 Å². The van der Waals surface area contributed by atoms with Crippen LogP contribution in [-0.2, 0) is 0 Å². The summed E-state index contributed by atoms with van der Waals surface area (Å²) >= 11 is 0. The number of carbonyl (C=O) groups excluding carboxylic acids is 1. The number of anilines is 2. The van der Waals surface area contributed by atoms with Crippen molar-refractivity contribution in [3.63, 3.8) is 0 Å². The van der Waals surface area contributed by atoms with Gasteiger partial charge >= 0.3 is 0 Å². The Morgan fingerprint density at radius 1 is 1.12 bits per heavy atom. The molecule has 7 heteroatoms. The molecule has 0 spiro atoms. The largest absolute Gasteiger partial charge is 0.496 e. The van der Waals surface area contributed by atoms with Crippen molar-refractivity contribution >= 4 is 17.9 Å². The smallest absolute Gasteiger partial charge is 0.230 e. The molecular weight excluding hydrogens is 311 g/mol. The predicted octanol–water partition coefficient (Wildman–Crippen LogP) is 3.24. The summed E-state index contributed by atoms with van der Waals surface area (Å²) in [6.07, 6.45) is 2.12. The Balaban J connectivity index is 1.90. The first-order valence-corrected chi connectivity index (χ1v) is 7.05. The maximum Gasteiger partial charge on any atom is 0.230 e. The number of hydrogen-bond acceptors (Lipinski definition) is 6. The summed E-state index contributed by atoms with van der Waals surface area (Å²) in [7, 11) is 1.45. The summed E-state index contributed by atoms with van der Waals surface area (Å²) in [4.78, 5) is 23.1. The number of benzene rings is 2. The third-order valence-electron chi connectivity index (χ3n) is 3.28. The van der Waals surface area contributed by atoms with Crippen molar-refractivity contribution in [1.82, 2.24) is 15.0 Å². The molecule has 24 heavy (non-hydrogen) atoms. The fraction of sp³-hybridized carbons (Fsp3) is 0.0588. The molecule has 0 saturated carbocycles. The van der Waals surface area contributed by atoms with E-state index in [9.17, 15) is 9.18 Å². The number of hydrogen-bond donors (Lipinski definition) is 1. The predicted molar refractivity (Wildman–Crippen MR) is 86.9 cm³/mol. The second kappa shape index (κ2) is 6.82. The van der Waals surface area contributed by atoms with Gasteiger partial charge in [-0.05, 0) is 36.4 Å². The van der Waals surface area contributed by atoms with Gasteiger partial charge in [-0.3, -0.25) is 4.79 Å². The van der Waals surface area contributed by atoms with E-state index in [1.54, 1.807) is 30.3 Å². The van der Waals surface area contributed by atoms with Gasteiger partial charge in [-0.25, -0.2) is 14.4 Å². The lowest BCUT2D eigenvalue weighted by Crippen LogP contribution is -2.01. The van der Waals surface area contributed by atoms with E-state index >= 15 is 0 Å². The second-order valence-electron chi connectivity index (χ2n) is 4.84. The van der Waals surface area contributed by atoms with Crippen LogP contribution < -0.4 is 10.1 Å². The number of rotatable bonds is 5. The van der Waals surface area contributed by atoms with Crippen molar-refractivity contribution < 1.29 is 13.9 Å². The van der Waals surface area contributed by atoms with Crippen LogP contribution in [0.1, 0.15) is 10.4 Å². The molecule has 0 atom stereocenters. The van der Waals surface area contributed by atoms with E-state index in [1.807, 2.05) is 0 Å². The van der Waals surface area contributed by atoms with Gasteiger partial charge in [0.25, 0.3) is 0 Å². The average molecular weight is 324 g/mol. The third kappa shape index (κ3) is 3.35. The van der Waals surface area contributed by atoms with Gasteiger partial charge in [-0.1, -0.05) is 0 Å². The molecule has 1 N–H and O–H groups in total. The molecule has 6 nitrogen and oxygen atoms in total. The monoisotopic (exact) mass is 324 g/mol. The zero-order chi connectivity index (χ0) is 16.9. The van der Waals surface area contributed by atoms with E-state index < -0.39 is 5.82 Å². The Kier molecular flexibility index (Phi) is 4.42. The number of nitrogens with zero attached hydrogens (tertiary/aromatic N) is 3. The normalized spacial score (nSPS) is 10.2. The van der Waals surface area contributed by atoms with E-state index in [1.165, 1.54) is 25.6 Å². The first-order valence-electron chi connectivity index (χ1n) is 7.05. The number of ether oxygens (including phenoxy) is 1. The number of carbonyl (C=O) groups is 1. The average Bonchev–Trinajstić information content (AvgIpc) is 2.62. The SMILES string of the molecule is COc1cc(F)ccc1-c1ncnc(Nc2ccc(C=O)cc2)n1. The standard InChI is InChI=1S/C17H13FN4O2/c1-24-15-8-12(18)4-7-14(15)16-19-10-20-17(22-16)21-13-5-2-11(9-23)3-6-13/h2-10H,1H3,(H,19,20,21,22). The van der Waals surface area contributed by atoms with Crippen LogP contribution in [0.15, 0.2) is 48.8 Å². The molecule has 3 rings (SSSR count). The molecule has 2 aromatic carbocycles. The topological polar surface area (TPSA) is 77.0 Å². The molecular formula is C17H13FN4O2. The quantitative estimate of drug-likeness (QED) is 0.726. The Morgan fingerprint density at radius 3 is 2.62 bits per heavy atom. The van der Waals surface area contributed by atoms with Crippen LogP contribution in [0.2, 0.25) is 0 Å². The number of aldehydes is 1. The van der Waals surface area contributed by atoms with Crippen LogP contribution in [0.25, 0.3) is 11.4 Å². The van der Waals surface area contributed by atoms with Crippen molar-refractivity contribution in [2.24, 2.45) is 0 Å². The summed E-state index contributed by atoms with van der Waals surface area (Å²) in [5.41, 5.74) is 1.86. The Hall–Kier alpha value is -3.35. The molecule has 0 unspecified atom stereocenters. The number of methoxy groups -OCH3 is 1. The van der Waals surface area contributed by atoms with Gasteiger partial charge in [0.2, 0.25) is 5.95 Å². The molecule has 0 saturated heterocycles. The van der Waals surface area contributed by atoms with E-state index in [4.69, 9.17) is 4.74 Å². The summed E-state index contributed by atoms with van der Waals surface area (Å²) in [6, 6.07) is 11.0. The lowest BCUT2D eigenvalue weighted by molar-refractivity contribution is 0.112. The van der Waals surface area contributed by atoms with Crippen LogP contribution in [0.4, 0.5) is 16.0 Å². The van der Waals surface area contributed by atoms with Gasteiger partial charge in [0.15, 0.2) is 5.82 Å². The van der Waals surface area contributed by atoms with Gasteiger partial charge in [-0.15, -0.1) is 0 Å². The van der Waals surface area contributed by atoms with Gasteiger partial charge in [-0.2, -0.15) is 4.98 Å². The van der Waals surface area contributed by atoms with Gasteiger partial charge in [0, 0.05) is 17.3 Å². The Labute approximate surface area is 137 Å². The van der Waals surface area contributed by atoms with Gasteiger partial charge in [0.1, 0.15) is 24.2 Å². The lowest BCUT2D eigenvalue weighted by atomic mass is 10.2. The minimum atomic E-state index is -0.404. The lowest BCUT2D eigenvalue weighted by Gasteiger charge is -2.09. The zero-order valence-electron chi connectivity index (χ0n) is 12.7. The molecule has 3 aromatic rings. The number of aromatic nitrogens is 3. The van der Waals surface area contributed by atoms with Crippen LogP contribution in [0.3, 0.4) is 0 Å². The highest BCUT2D eigenvalue weighted by Crippen LogP contribution is 2.28. The maximum atomic E-state index is 13.3. The van der Waals surface area contributed by atoms with E-state index in [0.29, 0.717) is 28.6 Å². The Bertz CT molecular complexity index is 869. The first kappa shape index (κ1) is 15.5. The summed E-state index contributed by atoms with van der Waals surface area (Å²) in [6.45, 7) is 0. The fourth-order valence-electron chi connectivity index (χ4n) is 2.11. The molecule has 0 aliphatic carbocycles. The molecule has 120 valence electrons. The van der Waals surface area contributed by atoms with Crippen molar-refractivity contribution in [2.75, 3.05) is 12.4 Å². The molecule has 0 fully saturated rings. The van der Waals surface area contributed by atoms with Crippen LogP contribution in [0, 0.1) is 5.82 Å². The second-order valence-corrected chi connectivity index (χ2v) is 4.84. The highest BCUT2D eigenvalue weighted by Gasteiger charge is 2.11. The molecule has 0 aliphatic rings. The fourth-order valence-corrected chi connectivity index (χ4v) is 2.11. The van der Waals surface area contributed by atoms with Gasteiger partial charge in [0.05, 0.1) is 12.7 Å².